The monoisotopic (exact) mass is 427 g/mol. The number of aryl methyl sites for hydroxylation is 1. The van der Waals surface area contributed by atoms with E-state index in [1.807, 2.05) is 29.6 Å². The molecule has 3 aromatic rings. The number of hydrogen-bond donors (Lipinski definition) is 0. The number of hydrogen-bond acceptors (Lipinski definition) is 7. The summed E-state index contributed by atoms with van der Waals surface area (Å²) < 4.78 is 7.77. The maximum absolute atomic E-state index is 13.1. The molecule has 1 amide bonds. The number of hydrazone groups is 1. The van der Waals surface area contributed by atoms with Crippen LogP contribution in [0.15, 0.2) is 50.6 Å². The Labute approximate surface area is 176 Å². The first-order chi connectivity index (χ1) is 14.3. The van der Waals surface area contributed by atoms with Gasteiger partial charge >= 0.3 is 0 Å². The molecule has 0 aliphatic carbocycles. The van der Waals surface area contributed by atoms with E-state index >= 15 is 0 Å². The van der Waals surface area contributed by atoms with Crippen LogP contribution in [0.4, 0.5) is 0 Å². The van der Waals surface area contributed by atoms with Crippen molar-refractivity contribution in [1.29, 1.82) is 0 Å². The van der Waals surface area contributed by atoms with Gasteiger partial charge in [-0.05, 0) is 36.4 Å². The van der Waals surface area contributed by atoms with Crippen molar-refractivity contribution in [3.63, 3.8) is 0 Å². The fourth-order valence-corrected chi connectivity index (χ4v) is 5.35. The molecule has 0 fully saturated rings. The van der Waals surface area contributed by atoms with Gasteiger partial charge in [0.05, 0.1) is 22.6 Å². The number of thioether (sulfide) groups is 1. The number of carbonyl (C=O) groups excluding carboxylic acids is 1. The van der Waals surface area contributed by atoms with Crippen LogP contribution in [0, 0.1) is 0 Å². The minimum Gasteiger partial charge on any atom is -0.467 e. The van der Waals surface area contributed by atoms with Gasteiger partial charge in [0.1, 0.15) is 17.6 Å². The molecule has 0 radical (unpaired) electrons. The van der Waals surface area contributed by atoms with Crippen molar-refractivity contribution in [2.24, 2.45) is 5.10 Å². The van der Waals surface area contributed by atoms with Crippen LogP contribution in [-0.2, 0) is 17.8 Å². The van der Waals surface area contributed by atoms with E-state index in [-0.39, 0.29) is 17.7 Å². The van der Waals surface area contributed by atoms with Crippen LogP contribution in [0.5, 0.6) is 0 Å². The summed E-state index contributed by atoms with van der Waals surface area (Å²) in [6, 6.07) is 7.59. The molecule has 7 nitrogen and oxygen atoms in total. The van der Waals surface area contributed by atoms with E-state index in [4.69, 9.17) is 4.42 Å². The Bertz CT molecular complexity index is 1010. The number of carbonyl (C=O) groups is 1. The lowest BCUT2D eigenvalue weighted by Crippen LogP contribution is -2.28. The lowest BCUT2D eigenvalue weighted by atomic mass is 10.1. The topological polar surface area (TPSA) is 76.5 Å². The fraction of sp³-hybridized carbons (Fsp3) is 0.400. The molecule has 9 heteroatoms. The lowest BCUT2D eigenvalue weighted by Gasteiger charge is -2.19. The predicted octanol–water partition coefficient (Wildman–Crippen LogP) is 4.13. The van der Waals surface area contributed by atoms with Gasteiger partial charge in [0.15, 0.2) is 5.16 Å². The maximum atomic E-state index is 13.1. The molecule has 0 unspecified atom stereocenters. The number of fused-ring (bicyclic) bond motifs is 1. The predicted molar refractivity (Wildman–Crippen MR) is 112 cm³/mol. The van der Waals surface area contributed by atoms with Crippen LogP contribution >= 0.6 is 23.1 Å². The summed E-state index contributed by atoms with van der Waals surface area (Å²) in [5.74, 6) is 2.02. The number of furan rings is 1. The Morgan fingerprint density at radius 2 is 2.21 bits per heavy atom. The van der Waals surface area contributed by atoms with E-state index in [0.717, 1.165) is 53.1 Å². The lowest BCUT2D eigenvalue weighted by molar-refractivity contribution is -0.130. The van der Waals surface area contributed by atoms with Crippen LogP contribution in [0.25, 0.3) is 0 Å². The molecule has 1 atom stereocenters. The third-order valence-corrected chi connectivity index (χ3v) is 7.11. The van der Waals surface area contributed by atoms with E-state index in [9.17, 15) is 4.79 Å². The highest BCUT2D eigenvalue weighted by molar-refractivity contribution is 7.99. The van der Waals surface area contributed by atoms with Gasteiger partial charge in [0, 0.05) is 19.4 Å². The van der Waals surface area contributed by atoms with E-state index in [2.05, 4.69) is 19.9 Å². The quantitative estimate of drug-likeness (QED) is 0.572. The molecule has 0 spiro atoms. The van der Waals surface area contributed by atoms with Crippen LogP contribution in [0.2, 0.25) is 0 Å². The van der Waals surface area contributed by atoms with Gasteiger partial charge in [-0.25, -0.2) is 5.01 Å². The fourth-order valence-electron chi connectivity index (χ4n) is 3.79. The van der Waals surface area contributed by atoms with Crippen molar-refractivity contribution in [2.45, 2.75) is 49.8 Å². The van der Waals surface area contributed by atoms with Crippen LogP contribution in [-0.4, -0.2) is 37.1 Å². The van der Waals surface area contributed by atoms with Gasteiger partial charge in [-0.2, -0.15) is 5.10 Å². The Morgan fingerprint density at radius 1 is 1.24 bits per heavy atom. The van der Waals surface area contributed by atoms with Crippen molar-refractivity contribution >= 4 is 34.7 Å². The Kier molecular flexibility index (Phi) is 5.24. The first kappa shape index (κ1) is 18.6. The summed E-state index contributed by atoms with van der Waals surface area (Å²) in [4.78, 5) is 14.2. The van der Waals surface area contributed by atoms with Gasteiger partial charge < -0.3 is 8.98 Å². The van der Waals surface area contributed by atoms with E-state index in [0.29, 0.717) is 6.42 Å². The summed E-state index contributed by atoms with van der Waals surface area (Å²) >= 11 is 3.08. The molecule has 2 aliphatic rings. The van der Waals surface area contributed by atoms with Crippen molar-refractivity contribution in [3.8, 4) is 0 Å². The van der Waals surface area contributed by atoms with Crippen LogP contribution in [0.1, 0.15) is 48.2 Å². The van der Waals surface area contributed by atoms with E-state index in [1.165, 1.54) is 18.2 Å². The largest absolute Gasteiger partial charge is 0.467 e. The second kappa shape index (κ2) is 8.16. The summed E-state index contributed by atoms with van der Waals surface area (Å²) in [6.07, 6.45) is 6.76. The molecule has 5 rings (SSSR count). The zero-order valence-electron chi connectivity index (χ0n) is 15.9. The average Bonchev–Trinajstić information content (AvgIpc) is 3.51. The molecule has 0 N–H and O–H groups in total. The van der Waals surface area contributed by atoms with Gasteiger partial charge in [0.25, 0.3) is 5.91 Å². The van der Waals surface area contributed by atoms with Crippen molar-refractivity contribution in [1.82, 2.24) is 19.8 Å². The van der Waals surface area contributed by atoms with Gasteiger partial charge in [-0.3, -0.25) is 4.79 Å². The zero-order chi connectivity index (χ0) is 19.6. The van der Waals surface area contributed by atoms with Gasteiger partial charge in [-0.1, -0.05) is 24.2 Å². The molecular weight excluding hydrogens is 406 g/mol. The van der Waals surface area contributed by atoms with Crippen molar-refractivity contribution in [3.05, 3.63) is 52.4 Å². The molecular formula is C20H21N5O2S2. The van der Waals surface area contributed by atoms with Crippen LogP contribution < -0.4 is 0 Å². The molecule has 0 saturated carbocycles. The number of amides is 1. The minimum absolute atomic E-state index is 0.0473. The standard InChI is InChI=1S/C20H21N5O2S2/c26-19(13-29-20-22-21-18-8-2-1-3-9-24(18)20)25-15(16-6-4-10-27-16)12-14(23-25)17-7-5-11-28-17/h4-7,10-11,15H,1-3,8-9,12-13H2/t15-/m0/s1. The first-order valence-corrected chi connectivity index (χ1v) is 11.7. The van der Waals surface area contributed by atoms with Crippen LogP contribution in [0.3, 0.4) is 0 Å². The highest BCUT2D eigenvalue weighted by Crippen LogP contribution is 2.35. The summed E-state index contributed by atoms with van der Waals surface area (Å²) in [7, 11) is 0. The molecule has 0 saturated heterocycles. The van der Waals surface area contributed by atoms with Crippen molar-refractivity contribution in [2.75, 3.05) is 5.75 Å². The molecule has 2 aliphatic heterocycles. The molecule has 150 valence electrons. The second-order valence-corrected chi connectivity index (χ2v) is 9.04. The Hall–Kier alpha value is -2.39. The summed E-state index contributed by atoms with van der Waals surface area (Å²) in [5, 5.41) is 17.7. The van der Waals surface area contributed by atoms with E-state index < -0.39 is 0 Å². The summed E-state index contributed by atoms with van der Waals surface area (Å²) in [5.41, 5.74) is 0.927. The Morgan fingerprint density at radius 3 is 3.03 bits per heavy atom. The van der Waals surface area contributed by atoms with Crippen molar-refractivity contribution < 1.29 is 9.21 Å². The average molecular weight is 428 g/mol. The van der Waals surface area contributed by atoms with Gasteiger partial charge in [0.2, 0.25) is 0 Å². The first-order valence-electron chi connectivity index (χ1n) is 9.81. The molecule has 5 heterocycles. The minimum atomic E-state index is -0.203. The smallest absolute Gasteiger partial charge is 0.253 e. The number of thiophene rings is 1. The normalized spacial score (nSPS) is 19.1. The Balaban J connectivity index is 1.34. The highest BCUT2D eigenvalue weighted by Gasteiger charge is 2.35. The second-order valence-electron chi connectivity index (χ2n) is 7.15. The van der Waals surface area contributed by atoms with Gasteiger partial charge in [-0.15, -0.1) is 21.5 Å². The van der Waals surface area contributed by atoms with E-state index in [1.54, 1.807) is 22.6 Å². The molecule has 0 bridgehead atoms. The molecule has 0 aromatic carbocycles. The number of rotatable bonds is 5. The third-order valence-electron chi connectivity index (χ3n) is 5.24. The number of aromatic nitrogens is 3. The zero-order valence-corrected chi connectivity index (χ0v) is 17.5. The highest BCUT2D eigenvalue weighted by atomic mass is 32.2. The maximum Gasteiger partial charge on any atom is 0.253 e. The SMILES string of the molecule is O=C(CSc1nnc2n1CCCCC2)N1N=C(c2cccs2)C[C@H]1c1ccco1. The summed E-state index contributed by atoms with van der Waals surface area (Å²) in [6.45, 7) is 0.929. The molecule has 29 heavy (non-hydrogen) atoms. The third kappa shape index (κ3) is 3.76. The molecule has 3 aromatic heterocycles. The number of nitrogens with zero attached hydrogens (tertiary/aromatic N) is 5.